The Morgan fingerprint density at radius 2 is 1.08 bits per heavy atom. The van der Waals surface area contributed by atoms with E-state index >= 15 is 0 Å². The van der Waals surface area contributed by atoms with Crippen molar-refractivity contribution >= 4 is 0 Å². The number of nitrogens with two attached hydrogens (primary N) is 2. The van der Waals surface area contributed by atoms with Crippen molar-refractivity contribution in [3.05, 3.63) is 142 Å². The maximum atomic E-state index is 13.4. The maximum absolute atomic E-state index is 13.4. The van der Waals surface area contributed by atoms with Crippen LogP contribution in [0.5, 0.6) is 0 Å². The summed E-state index contributed by atoms with van der Waals surface area (Å²) in [5.74, 6) is 5.63. The number of aliphatic hydroxyl groups is 2. The SMILES string of the molecule is CC(C)(C)c1cccc(C2(NCC(O)CCc3cc(F)cc(F)c3)CCCN(O)C2)c1.CC(C)(C)c1cccc(C2(NCC(O)CCc3cc(F)cc(F)c3)CCCNC2)c1.NN. The molecule has 13 heteroatoms. The summed E-state index contributed by atoms with van der Waals surface area (Å²) in [6, 6.07) is 24.1. The van der Waals surface area contributed by atoms with Gasteiger partial charge < -0.3 is 31.4 Å². The van der Waals surface area contributed by atoms with E-state index < -0.39 is 41.0 Å². The molecular weight excluding hydrogens is 809 g/mol. The van der Waals surface area contributed by atoms with Crippen molar-refractivity contribution in [2.75, 3.05) is 39.3 Å². The van der Waals surface area contributed by atoms with E-state index in [1.54, 1.807) is 0 Å². The average molecular weight is 881 g/mol. The molecule has 348 valence electrons. The van der Waals surface area contributed by atoms with Gasteiger partial charge in [-0.1, -0.05) is 90.1 Å². The number of hydrogen-bond donors (Lipinski definition) is 8. The molecule has 63 heavy (non-hydrogen) atoms. The van der Waals surface area contributed by atoms with Gasteiger partial charge in [0.1, 0.15) is 23.3 Å². The molecule has 0 saturated carbocycles. The molecule has 0 radical (unpaired) electrons. The lowest BCUT2D eigenvalue weighted by Gasteiger charge is -2.42. The number of aryl methyl sites for hydroxylation is 2. The molecule has 2 aliphatic heterocycles. The van der Waals surface area contributed by atoms with Crippen LogP contribution in [0.3, 0.4) is 0 Å². The van der Waals surface area contributed by atoms with Crippen molar-refractivity contribution in [2.24, 2.45) is 11.7 Å². The first kappa shape index (κ1) is 51.9. The van der Waals surface area contributed by atoms with E-state index in [2.05, 4.69) is 112 Å². The molecule has 0 bridgehead atoms. The number of nitrogens with one attached hydrogen (secondary N) is 3. The van der Waals surface area contributed by atoms with Gasteiger partial charge in [0.2, 0.25) is 0 Å². The molecule has 0 amide bonds. The number of benzene rings is 4. The van der Waals surface area contributed by atoms with E-state index in [4.69, 9.17) is 0 Å². The summed E-state index contributed by atoms with van der Waals surface area (Å²) >= 11 is 0. The minimum absolute atomic E-state index is 0.00448. The van der Waals surface area contributed by atoms with Gasteiger partial charge in [-0.15, -0.1) is 0 Å². The summed E-state index contributed by atoms with van der Waals surface area (Å²) in [6.45, 7) is 16.8. The standard InChI is InChI=1S/C25H34F2N2O2.C25H34F2N2O.H4N2/c1-24(2,3)19-6-4-7-20(14-19)25(10-5-11-29(31)17-25)28-16-23(30)9-8-18-12-21(26)15-22(27)13-18;1-24(2,3)19-6-4-7-20(14-19)25(10-5-11-28-17-25)29-16-23(30)9-8-18-12-21(26)15-22(27)13-18;1-2/h4,6-7,12-15,23,28,30-31H,5,8-11,16-17H2,1-3H3;4,6-7,12-15,23,28-30H,5,8-11,16-17H2,1-3H3;1-2H2. The Morgan fingerprint density at radius 3 is 1.49 bits per heavy atom. The molecule has 0 aliphatic carbocycles. The molecule has 2 aliphatic rings. The molecule has 2 heterocycles. The van der Waals surface area contributed by atoms with Crippen molar-refractivity contribution in [3.63, 3.8) is 0 Å². The van der Waals surface area contributed by atoms with Gasteiger partial charge in [-0.25, -0.2) is 17.6 Å². The average Bonchev–Trinajstić information content (AvgIpc) is 3.24. The van der Waals surface area contributed by atoms with Crippen molar-refractivity contribution in [1.29, 1.82) is 0 Å². The third-order valence-electron chi connectivity index (χ3n) is 12.1. The lowest BCUT2D eigenvalue weighted by Crippen LogP contribution is -2.55. The van der Waals surface area contributed by atoms with Gasteiger partial charge in [0, 0.05) is 44.9 Å². The summed E-state index contributed by atoms with van der Waals surface area (Å²) in [4.78, 5) is 0. The van der Waals surface area contributed by atoms with E-state index in [1.807, 2.05) is 6.07 Å². The minimum Gasteiger partial charge on any atom is -0.392 e. The van der Waals surface area contributed by atoms with Crippen molar-refractivity contribution < 1.29 is 33.0 Å². The Bertz CT molecular complexity index is 1980. The minimum atomic E-state index is -0.678. The monoisotopic (exact) mass is 881 g/mol. The molecular formula is C50H72F4N6O3. The normalized spacial score (nSPS) is 20.5. The van der Waals surface area contributed by atoms with Gasteiger partial charge in [-0.05, 0) is 126 Å². The number of piperidine rings is 2. The molecule has 2 fully saturated rings. The van der Waals surface area contributed by atoms with E-state index in [0.717, 1.165) is 56.5 Å². The Kier molecular flexibility index (Phi) is 19.3. The van der Waals surface area contributed by atoms with E-state index in [-0.39, 0.29) is 16.4 Å². The number of hydrazine groups is 1. The largest absolute Gasteiger partial charge is 0.392 e. The van der Waals surface area contributed by atoms with Crippen LogP contribution in [0.2, 0.25) is 0 Å². The van der Waals surface area contributed by atoms with Gasteiger partial charge in [0.25, 0.3) is 0 Å². The molecule has 6 rings (SSSR count). The molecule has 4 unspecified atom stereocenters. The zero-order chi connectivity index (χ0) is 46.4. The van der Waals surface area contributed by atoms with Crippen LogP contribution < -0.4 is 27.6 Å². The highest BCUT2D eigenvalue weighted by molar-refractivity contribution is 5.35. The number of rotatable bonds is 14. The fraction of sp³-hybridized carbons (Fsp3) is 0.520. The van der Waals surface area contributed by atoms with Gasteiger partial charge >= 0.3 is 0 Å². The molecule has 9 nitrogen and oxygen atoms in total. The first-order valence-corrected chi connectivity index (χ1v) is 22.2. The molecule has 4 aromatic carbocycles. The molecule has 0 spiro atoms. The van der Waals surface area contributed by atoms with E-state index in [1.165, 1.54) is 46.0 Å². The van der Waals surface area contributed by atoms with Crippen LogP contribution in [-0.4, -0.2) is 72.0 Å². The van der Waals surface area contributed by atoms with E-state index in [0.29, 0.717) is 63.0 Å². The Balaban J connectivity index is 0.000000266. The topological polar surface area (TPSA) is 152 Å². The Morgan fingerprint density at radius 1 is 0.651 bits per heavy atom. The van der Waals surface area contributed by atoms with Crippen LogP contribution in [-0.2, 0) is 34.7 Å². The second-order valence-corrected chi connectivity index (χ2v) is 19.3. The van der Waals surface area contributed by atoms with Crippen molar-refractivity contribution in [3.8, 4) is 0 Å². The van der Waals surface area contributed by atoms with E-state index in [9.17, 15) is 33.0 Å². The Hall–Kier alpha value is -3.76. The zero-order valence-electron chi connectivity index (χ0n) is 38.1. The van der Waals surface area contributed by atoms with Gasteiger partial charge in [-0.2, -0.15) is 5.06 Å². The summed E-state index contributed by atoms with van der Waals surface area (Å²) in [5, 5.41) is 43.4. The van der Waals surface area contributed by atoms with Crippen molar-refractivity contribution in [2.45, 2.75) is 127 Å². The quantitative estimate of drug-likeness (QED) is 0.0361. The predicted molar refractivity (Wildman–Crippen MR) is 244 cm³/mol. The molecule has 0 aromatic heterocycles. The first-order chi connectivity index (χ1) is 29.7. The Labute approximate surface area is 372 Å². The summed E-state index contributed by atoms with van der Waals surface area (Å²) < 4.78 is 53.5. The van der Waals surface area contributed by atoms with Crippen LogP contribution >= 0.6 is 0 Å². The third-order valence-corrected chi connectivity index (χ3v) is 12.1. The first-order valence-electron chi connectivity index (χ1n) is 22.2. The third kappa shape index (κ3) is 15.7. The molecule has 2 saturated heterocycles. The van der Waals surface area contributed by atoms with Gasteiger partial charge in [0.05, 0.1) is 23.3 Å². The number of hydrogen-bond acceptors (Lipinski definition) is 9. The predicted octanol–water partition coefficient (Wildman–Crippen LogP) is 7.77. The van der Waals surface area contributed by atoms with Crippen molar-refractivity contribution in [1.82, 2.24) is 21.0 Å². The second kappa shape index (κ2) is 23.4. The summed E-state index contributed by atoms with van der Waals surface area (Å²) in [6.07, 6.45) is 4.11. The lowest BCUT2D eigenvalue weighted by molar-refractivity contribution is -0.129. The van der Waals surface area contributed by atoms with Gasteiger partial charge in [-0.3, -0.25) is 11.7 Å². The highest BCUT2D eigenvalue weighted by Crippen LogP contribution is 2.35. The van der Waals surface area contributed by atoms with Crippen LogP contribution in [0.4, 0.5) is 17.6 Å². The zero-order valence-corrected chi connectivity index (χ0v) is 38.1. The highest BCUT2D eigenvalue weighted by atomic mass is 19.1. The number of nitrogens with zero attached hydrogens (tertiary/aromatic N) is 1. The lowest BCUT2D eigenvalue weighted by atomic mass is 9.79. The van der Waals surface area contributed by atoms with Crippen LogP contribution in [0.1, 0.15) is 113 Å². The number of aliphatic hydroxyl groups excluding tert-OH is 2. The number of halogens is 4. The number of hydroxylamine groups is 2. The summed E-state index contributed by atoms with van der Waals surface area (Å²) in [7, 11) is 0. The molecule has 4 atom stereocenters. The fourth-order valence-corrected chi connectivity index (χ4v) is 8.49. The smallest absolute Gasteiger partial charge is 0.126 e. The molecule has 10 N–H and O–H groups in total. The van der Waals surface area contributed by atoms with Crippen LogP contribution in [0.25, 0.3) is 0 Å². The maximum Gasteiger partial charge on any atom is 0.126 e. The second-order valence-electron chi connectivity index (χ2n) is 19.3. The highest BCUT2D eigenvalue weighted by Gasteiger charge is 2.38. The van der Waals surface area contributed by atoms with Crippen LogP contribution in [0.15, 0.2) is 84.9 Å². The summed E-state index contributed by atoms with van der Waals surface area (Å²) in [5.41, 5.74) is 5.31. The van der Waals surface area contributed by atoms with Crippen LogP contribution in [0, 0.1) is 23.3 Å². The fourth-order valence-electron chi connectivity index (χ4n) is 8.49. The van der Waals surface area contributed by atoms with Gasteiger partial charge in [0.15, 0.2) is 0 Å². The molecule has 4 aromatic rings.